The van der Waals surface area contributed by atoms with Gasteiger partial charge in [-0.1, -0.05) is 13.8 Å². The normalized spacial score (nSPS) is 23.9. The first-order valence-electron chi connectivity index (χ1n) is 7.33. The van der Waals surface area contributed by atoms with Crippen molar-refractivity contribution in [3.63, 3.8) is 0 Å². The van der Waals surface area contributed by atoms with Gasteiger partial charge in [0.05, 0.1) is 18.2 Å². The van der Waals surface area contributed by atoms with Crippen LogP contribution in [0.15, 0.2) is 0 Å². The molecule has 1 fully saturated rings. The number of nitrogens with two attached hydrogens (primary N) is 1. The van der Waals surface area contributed by atoms with Gasteiger partial charge in [0.15, 0.2) is 0 Å². The van der Waals surface area contributed by atoms with E-state index in [1.807, 2.05) is 0 Å². The van der Waals surface area contributed by atoms with E-state index in [1.54, 1.807) is 0 Å². The number of ether oxygens (including phenoxy) is 1. The van der Waals surface area contributed by atoms with Crippen LogP contribution in [0.1, 0.15) is 34.1 Å². The number of carbonyl (C=O) groups excluding carboxylic acids is 1. The summed E-state index contributed by atoms with van der Waals surface area (Å²) in [6.45, 7) is 11.2. The summed E-state index contributed by atoms with van der Waals surface area (Å²) in [4.78, 5) is 14.6. The molecule has 1 amide bonds. The molecule has 3 atom stereocenters. The Morgan fingerprint density at radius 2 is 1.81 bits per heavy atom. The fourth-order valence-corrected chi connectivity index (χ4v) is 2.75. The lowest BCUT2D eigenvalue weighted by Gasteiger charge is -2.41. The number of hydrogen-bond donors (Lipinski definition) is 2. The largest absolute Gasteiger partial charge is 0.373 e. The van der Waals surface area contributed by atoms with Crippen LogP contribution in [0.5, 0.6) is 0 Å². The molecule has 0 aliphatic carbocycles. The Bertz CT molecular complexity index is 283. The Balaban J connectivity index is 0. The zero-order valence-corrected chi connectivity index (χ0v) is 15.1. The van der Waals surface area contributed by atoms with Crippen LogP contribution in [-0.2, 0) is 9.53 Å². The van der Waals surface area contributed by atoms with Crippen LogP contribution in [0.3, 0.4) is 0 Å². The smallest absolute Gasteiger partial charge is 0.237 e. The molecule has 1 heterocycles. The van der Waals surface area contributed by atoms with E-state index in [4.69, 9.17) is 10.5 Å². The fraction of sp³-hybridized carbons (Fsp3) is 0.929. The Labute approximate surface area is 141 Å². The number of halogens is 2. The molecule has 5 nitrogen and oxygen atoms in total. The molecule has 1 saturated heterocycles. The van der Waals surface area contributed by atoms with Crippen LogP contribution in [-0.4, -0.2) is 55.2 Å². The number of carbonyl (C=O) groups is 1. The van der Waals surface area contributed by atoms with Gasteiger partial charge < -0.3 is 15.8 Å². The van der Waals surface area contributed by atoms with Gasteiger partial charge in [-0.25, -0.2) is 0 Å². The summed E-state index contributed by atoms with van der Waals surface area (Å²) in [5, 5.41) is 2.99. The van der Waals surface area contributed by atoms with Crippen molar-refractivity contribution >= 4 is 30.7 Å². The average Bonchev–Trinajstić information content (AvgIpc) is 2.27. The van der Waals surface area contributed by atoms with E-state index in [-0.39, 0.29) is 54.9 Å². The highest BCUT2D eigenvalue weighted by Gasteiger charge is 2.33. The monoisotopic (exact) mass is 343 g/mol. The summed E-state index contributed by atoms with van der Waals surface area (Å²) in [7, 11) is 0. The first-order chi connectivity index (χ1) is 8.95. The third kappa shape index (κ3) is 7.66. The molecule has 0 aromatic carbocycles. The molecule has 0 spiro atoms. The first kappa shape index (κ1) is 23.2. The fourth-order valence-electron chi connectivity index (χ4n) is 2.75. The van der Waals surface area contributed by atoms with E-state index in [0.29, 0.717) is 13.1 Å². The third-order valence-electron chi connectivity index (χ3n) is 3.42. The highest BCUT2D eigenvalue weighted by Crippen LogP contribution is 2.18. The van der Waals surface area contributed by atoms with Crippen LogP contribution in [0, 0.1) is 5.92 Å². The van der Waals surface area contributed by atoms with Crippen molar-refractivity contribution in [2.75, 3.05) is 26.2 Å². The van der Waals surface area contributed by atoms with E-state index in [0.717, 1.165) is 19.5 Å². The standard InChI is InChI=1S/C14H29N3O2.2ClH/c1-10(2)13(14(18)16-7-5-6-15)17-8-11(3)19-12(4)9-17;;/h10-13H,5-9,15H2,1-4H3,(H,16,18);2*1H. The van der Waals surface area contributed by atoms with Crippen molar-refractivity contribution in [3.05, 3.63) is 0 Å². The Morgan fingerprint density at radius 3 is 2.24 bits per heavy atom. The molecule has 0 aromatic rings. The zero-order valence-electron chi connectivity index (χ0n) is 13.5. The van der Waals surface area contributed by atoms with Gasteiger partial charge in [0, 0.05) is 19.6 Å². The van der Waals surface area contributed by atoms with Crippen LogP contribution < -0.4 is 11.1 Å². The minimum absolute atomic E-state index is 0. The number of rotatable bonds is 6. The van der Waals surface area contributed by atoms with Crippen LogP contribution in [0.4, 0.5) is 0 Å². The van der Waals surface area contributed by atoms with E-state index >= 15 is 0 Å². The molecule has 1 aliphatic heterocycles. The highest BCUT2D eigenvalue weighted by molar-refractivity contribution is 5.85. The SMILES string of the molecule is CC1CN(C(C(=O)NCCCN)C(C)C)CC(C)O1.Cl.Cl. The van der Waals surface area contributed by atoms with Crippen LogP contribution in [0.25, 0.3) is 0 Å². The van der Waals surface area contributed by atoms with E-state index in [2.05, 4.69) is 37.9 Å². The Morgan fingerprint density at radius 1 is 1.29 bits per heavy atom. The molecule has 21 heavy (non-hydrogen) atoms. The molecule has 3 unspecified atom stereocenters. The third-order valence-corrected chi connectivity index (χ3v) is 3.42. The molecule has 0 saturated carbocycles. The maximum Gasteiger partial charge on any atom is 0.237 e. The van der Waals surface area contributed by atoms with Crippen molar-refractivity contribution in [1.29, 1.82) is 0 Å². The predicted octanol–water partition coefficient (Wildman–Crippen LogP) is 1.43. The quantitative estimate of drug-likeness (QED) is 0.716. The summed E-state index contributed by atoms with van der Waals surface area (Å²) in [5.41, 5.74) is 5.45. The van der Waals surface area contributed by atoms with E-state index in [9.17, 15) is 4.79 Å². The zero-order chi connectivity index (χ0) is 14.4. The molecule has 3 N–H and O–H groups in total. The van der Waals surface area contributed by atoms with Gasteiger partial charge in [0.2, 0.25) is 5.91 Å². The summed E-state index contributed by atoms with van der Waals surface area (Å²) < 4.78 is 5.73. The Kier molecular flexibility index (Phi) is 12.7. The number of nitrogens with zero attached hydrogens (tertiary/aromatic N) is 1. The summed E-state index contributed by atoms with van der Waals surface area (Å²) >= 11 is 0. The van der Waals surface area contributed by atoms with Gasteiger partial charge in [-0.05, 0) is 32.7 Å². The van der Waals surface area contributed by atoms with E-state index < -0.39 is 0 Å². The van der Waals surface area contributed by atoms with Crippen LogP contribution >= 0.6 is 24.8 Å². The number of hydrogen-bond acceptors (Lipinski definition) is 4. The number of morpholine rings is 1. The summed E-state index contributed by atoms with van der Waals surface area (Å²) in [5.74, 6) is 0.403. The molecular formula is C14H31Cl2N3O2. The summed E-state index contributed by atoms with van der Waals surface area (Å²) in [6.07, 6.45) is 1.19. The maximum absolute atomic E-state index is 12.3. The van der Waals surface area contributed by atoms with Gasteiger partial charge in [-0.2, -0.15) is 0 Å². The number of nitrogens with one attached hydrogen (secondary N) is 1. The maximum atomic E-state index is 12.3. The topological polar surface area (TPSA) is 67.6 Å². The highest BCUT2D eigenvalue weighted by atomic mass is 35.5. The van der Waals surface area contributed by atoms with E-state index in [1.165, 1.54) is 0 Å². The van der Waals surface area contributed by atoms with Crippen molar-refractivity contribution in [2.24, 2.45) is 11.7 Å². The van der Waals surface area contributed by atoms with Crippen molar-refractivity contribution in [2.45, 2.75) is 52.4 Å². The predicted molar refractivity (Wildman–Crippen MR) is 91.4 cm³/mol. The minimum Gasteiger partial charge on any atom is -0.373 e. The Hall–Kier alpha value is -0.0700. The molecule has 7 heteroatoms. The minimum atomic E-state index is -0.0772. The van der Waals surface area contributed by atoms with Gasteiger partial charge >= 0.3 is 0 Å². The molecule has 1 rings (SSSR count). The van der Waals surface area contributed by atoms with Gasteiger partial charge in [0.1, 0.15) is 0 Å². The lowest BCUT2D eigenvalue weighted by atomic mass is 9.99. The second-order valence-corrected chi connectivity index (χ2v) is 5.83. The second-order valence-electron chi connectivity index (χ2n) is 5.83. The lowest BCUT2D eigenvalue weighted by Crippen LogP contribution is -2.57. The molecule has 0 aromatic heterocycles. The van der Waals surface area contributed by atoms with Crippen molar-refractivity contribution < 1.29 is 9.53 Å². The molecule has 0 bridgehead atoms. The molecule has 128 valence electrons. The van der Waals surface area contributed by atoms with Gasteiger partial charge in [0.25, 0.3) is 0 Å². The summed E-state index contributed by atoms with van der Waals surface area (Å²) in [6, 6.07) is -0.0772. The lowest BCUT2D eigenvalue weighted by molar-refractivity contribution is -0.135. The molecular weight excluding hydrogens is 313 g/mol. The van der Waals surface area contributed by atoms with Crippen LogP contribution in [0.2, 0.25) is 0 Å². The van der Waals surface area contributed by atoms with Crippen molar-refractivity contribution in [1.82, 2.24) is 10.2 Å². The average molecular weight is 344 g/mol. The molecule has 0 radical (unpaired) electrons. The number of amides is 1. The van der Waals surface area contributed by atoms with Crippen molar-refractivity contribution in [3.8, 4) is 0 Å². The second kappa shape index (κ2) is 11.5. The first-order valence-corrected chi connectivity index (χ1v) is 7.33. The van der Waals surface area contributed by atoms with Gasteiger partial charge in [-0.3, -0.25) is 9.69 Å². The van der Waals surface area contributed by atoms with Gasteiger partial charge in [-0.15, -0.1) is 24.8 Å². The molecule has 1 aliphatic rings.